The Hall–Kier alpha value is -1.94. The van der Waals surface area contributed by atoms with Crippen LogP contribution in [0.25, 0.3) is 0 Å². The normalized spacial score (nSPS) is 22.5. The molecule has 3 heterocycles. The average Bonchev–Trinajstić information content (AvgIpc) is 3.06. The number of aryl methyl sites for hydroxylation is 1. The second kappa shape index (κ2) is 7.36. The maximum Gasteiger partial charge on any atom is 0.233 e. The maximum absolute atomic E-state index is 12.7. The van der Waals surface area contributed by atoms with Crippen molar-refractivity contribution in [1.29, 1.82) is 0 Å². The first-order chi connectivity index (χ1) is 12.6. The van der Waals surface area contributed by atoms with Crippen LogP contribution >= 0.6 is 23.1 Å². The number of carbonyl (C=O) groups excluding carboxylic acids is 2. The molecule has 2 atom stereocenters. The van der Waals surface area contributed by atoms with Gasteiger partial charge in [0.25, 0.3) is 0 Å². The van der Waals surface area contributed by atoms with Crippen LogP contribution in [0.4, 0.5) is 0 Å². The fourth-order valence-corrected chi connectivity index (χ4v) is 4.92. The van der Waals surface area contributed by atoms with E-state index in [2.05, 4.69) is 27.0 Å². The number of tetrazole rings is 1. The van der Waals surface area contributed by atoms with Crippen molar-refractivity contribution in [1.82, 2.24) is 30.0 Å². The van der Waals surface area contributed by atoms with E-state index in [-0.39, 0.29) is 17.7 Å². The van der Waals surface area contributed by atoms with Gasteiger partial charge < -0.3 is 9.80 Å². The number of aromatic nitrogens is 4. The van der Waals surface area contributed by atoms with Crippen molar-refractivity contribution in [3.63, 3.8) is 0 Å². The van der Waals surface area contributed by atoms with Gasteiger partial charge in [-0.1, -0.05) is 17.8 Å². The van der Waals surface area contributed by atoms with Gasteiger partial charge in [0.1, 0.15) is 0 Å². The summed E-state index contributed by atoms with van der Waals surface area (Å²) in [6, 6.07) is 4.16. The first kappa shape index (κ1) is 17.5. The van der Waals surface area contributed by atoms with Crippen molar-refractivity contribution in [2.24, 2.45) is 13.0 Å². The lowest BCUT2D eigenvalue weighted by Crippen LogP contribution is -2.51. The monoisotopic (exact) mass is 392 g/mol. The summed E-state index contributed by atoms with van der Waals surface area (Å²) in [5, 5.41) is 13.9. The highest BCUT2D eigenvalue weighted by atomic mass is 32.2. The third kappa shape index (κ3) is 3.61. The Morgan fingerprint density at radius 2 is 2.04 bits per heavy atom. The number of thiophene rings is 1. The minimum Gasteiger partial charge on any atom is -0.339 e. The summed E-state index contributed by atoms with van der Waals surface area (Å²) in [5.41, 5.74) is 0. The van der Waals surface area contributed by atoms with Crippen molar-refractivity contribution < 1.29 is 9.59 Å². The predicted molar refractivity (Wildman–Crippen MR) is 97.8 cm³/mol. The molecule has 1 saturated carbocycles. The first-order valence-corrected chi connectivity index (χ1v) is 10.4. The van der Waals surface area contributed by atoms with Gasteiger partial charge in [-0.25, -0.2) is 4.68 Å². The lowest BCUT2D eigenvalue weighted by Gasteiger charge is -2.35. The quantitative estimate of drug-likeness (QED) is 0.701. The van der Waals surface area contributed by atoms with Gasteiger partial charge in [0, 0.05) is 49.9 Å². The minimum atomic E-state index is 0.0629. The molecule has 0 radical (unpaired) electrons. The number of nitrogens with zero attached hydrogens (tertiary/aromatic N) is 6. The van der Waals surface area contributed by atoms with E-state index in [1.54, 1.807) is 23.1 Å². The molecule has 2 aliphatic rings. The minimum absolute atomic E-state index is 0.0629. The molecule has 138 valence electrons. The molecule has 1 aliphatic carbocycles. The topological polar surface area (TPSA) is 84.2 Å². The van der Waals surface area contributed by atoms with Gasteiger partial charge in [-0.2, -0.15) is 0 Å². The van der Waals surface area contributed by atoms with Crippen LogP contribution in [0.2, 0.25) is 0 Å². The molecule has 0 N–H and O–H groups in total. The smallest absolute Gasteiger partial charge is 0.233 e. The number of hydrogen-bond donors (Lipinski definition) is 0. The molecule has 0 spiro atoms. The second-order valence-corrected chi connectivity index (χ2v) is 8.47. The van der Waals surface area contributed by atoms with E-state index in [9.17, 15) is 9.59 Å². The third-order valence-corrected chi connectivity index (χ3v) is 6.87. The molecule has 0 bridgehead atoms. The number of carbonyl (C=O) groups is 2. The molecule has 2 aromatic heterocycles. The summed E-state index contributed by atoms with van der Waals surface area (Å²) in [7, 11) is 1.75. The van der Waals surface area contributed by atoms with Crippen LogP contribution in [0.15, 0.2) is 22.7 Å². The lowest BCUT2D eigenvalue weighted by atomic mass is 10.2. The Morgan fingerprint density at radius 1 is 1.27 bits per heavy atom. The molecule has 10 heteroatoms. The molecular weight excluding hydrogens is 372 g/mol. The molecule has 0 aromatic carbocycles. The summed E-state index contributed by atoms with van der Waals surface area (Å²) in [4.78, 5) is 30.1. The predicted octanol–water partition coefficient (Wildman–Crippen LogP) is 0.838. The fraction of sp³-hybridized carbons (Fsp3) is 0.562. The van der Waals surface area contributed by atoms with Crippen molar-refractivity contribution >= 4 is 34.9 Å². The highest BCUT2D eigenvalue weighted by Gasteiger charge is 2.46. The molecule has 4 rings (SSSR count). The van der Waals surface area contributed by atoms with Gasteiger partial charge in [0.2, 0.25) is 17.0 Å². The van der Waals surface area contributed by atoms with Crippen LogP contribution in [0, 0.1) is 5.92 Å². The van der Waals surface area contributed by atoms with E-state index in [0.717, 1.165) is 6.42 Å². The van der Waals surface area contributed by atoms with Crippen molar-refractivity contribution in [3.05, 3.63) is 22.4 Å². The summed E-state index contributed by atoms with van der Waals surface area (Å²) < 4.78 is 1.55. The molecule has 2 amide bonds. The molecule has 1 aliphatic heterocycles. The highest BCUT2D eigenvalue weighted by molar-refractivity contribution is 7.99. The Labute approximate surface area is 159 Å². The molecule has 1 saturated heterocycles. The zero-order chi connectivity index (χ0) is 18.1. The third-order valence-electron chi connectivity index (χ3n) is 4.87. The van der Waals surface area contributed by atoms with E-state index in [4.69, 9.17) is 0 Å². The Balaban J connectivity index is 1.23. The van der Waals surface area contributed by atoms with Crippen molar-refractivity contribution in [2.75, 3.05) is 31.9 Å². The van der Waals surface area contributed by atoms with E-state index in [1.165, 1.54) is 16.6 Å². The Morgan fingerprint density at radius 3 is 2.69 bits per heavy atom. The van der Waals surface area contributed by atoms with Crippen LogP contribution < -0.4 is 0 Å². The van der Waals surface area contributed by atoms with Gasteiger partial charge in [0.15, 0.2) is 0 Å². The summed E-state index contributed by atoms with van der Waals surface area (Å²) in [5.74, 6) is 1.15. The molecule has 26 heavy (non-hydrogen) atoms. The van der Waals surface area contributed by atoms with Crippen molar-refractivity contribution in [2.45, 2.75) is 17.5 Å². The average molecular weight is 393 g/mol. The summed E-state index contributed by atoms with van der Waals surface area (Å²) >= 11 is 3.06. The van der Waals surface area contributed by atoms with Crippen LogP contribution in [-0.4, -0.2) is 73.8 Å². The maximum atomic E-state index is 12.7. The molecule has 2 aromatic rings. The van der Waals surface area contributed by atoms with Crippen LogP contribution in [0.5, 0.6) is 0 Å². The SMILES string of the molecule is Cn1nnnc1SCC(=O)N1CCN(C(=O)[C@H]2C[C@H]2c2cccs2)CC1. The number of hydrogen-bond acceptors (Lipinski definition) is 7. The van der Waals surface area contributed by atoms with Gasteiger partial charge in [-0.15, -0.1) is 16.4 Å². The largest absolute Gasteiger partial charge is 0.339 e. The van der Waals surface area contributed by atoms with E-state index >= 15 is 0 Å². The zero-order valence-corrected chi connectivity index (χ0v) is 16.1. The summed E-state index contributed by atoms with van der Waals surface area (Å²) in [6.07, 6.45) is 0.959. The Kier molecular flexibility index (Phi) is 4.94. The first-order valence-electron chi connectivity index (χ1n) is 8.58. The molecule has 8 nitrogen and oxygen atoms in total. The zero-order valence-electron chi connectivity index (χ0n) is 14.4. The van der Waals surface area contributed by atoms with Gasteiger partial charge in [0.05, 0.1) is 5.75 Å². The molecule has 2 fully saturated rings. The van der Waals surface area contributed by atoms with Crippen LogP contribution in [-0.2, 0) is 16.6 Å². The lowest BCUT2D eigenvalue weighted by molar-refractivity contribution is -0.139. The number of rotatable bonds is 5. The van der Waals surface area contributed by atoms with E-state index < -0.39 is 0 Å². The molecule has 0 unspecified atom stereocenters. The number of thioether (sulfide) groups is 1. The van der Waals surface area contributed by atoms with Crippen molar-refractivity contribution in [3.8, 4) is 0 Å². The number of piperazine rings is 1. The van der Waals surface area contributed by atoms with Crippen LogP contribution in [0.3, 0.4) is 0 Å². The van der Waals surface area contributed by atoms with E-state index in [0.29, 0.717) is 43.0 Å². The van der Waals surface area contributed by atoms with Crippen LogP contribution in [0.1, 0.15) is 17.2 Å². The standard InChI is InChI=1S/C16H20N6O2S2/c1-20-16(17-18-19-20)26-10-14(23)21-4-6-22(7-5-21)15(24)12-9-11(12)13-3-2-8-25-13/h2-3,8,11-12H,4-7,9-10H2,1H3/t11-,12+/m1/s1. The van der Waals surface area contributed by atoms with Gasteiger partial charge in [-0.3, -0.25) is 9.59 Å². The number of amides is 2. The summed E-state index contributed by atoms with van der Waals surface area (Å²) in [6.45, 7) is 2.43. The van der Waals surface area contributed by atoms with Gasteiger partial charge >= 0.3 is 0 Å². The second-order valence-electron chi connectivity index (χ2n) is 6.54. The molecular formula is C16H20N6O2S2. The Bertz CT molecular complexity index is 785. The highest BCUT2D eigenvalue weighted by Crippen LogP contribution is 2.50. The fourth-order valence-electron chi connectivity index (χ4n) is 3.26. The van der Waals surface area contributed by atoms with E-state index in [1.807, 2.05) is 15.9 Å². The van der Waals surface area contributed by atoms with Gasteiger partial charge in [-0.05, 0) is 28.3 Å².